The molecule has 0 N–H and O–H groups in total. The van der Waals surface area contributed by atoms with E-state index in [4.69, 9.17) is 16.1 Å². The number of thioether (sulfide) groups is 1. The molecule has 0 atom stereocenters. The van der Waals surface area contributed by atoms with Crippen LogP contribution >= 0.6 is 11.8 Å². The van der Waals surface area contributed by atoms with Crippen LogP contribution < -0.4 is 10.3 Å². The average Bonchev–Trinajstić information content (AvgIpc) is 2.62. The summed E-state index contributed by atoms with van der Waals surface area (Å²) in [5.74, 6) is 4.08. The van der Waals surface area contributed by atoms with Gasteiger partial charge in [-0.15, -0.1) is 13.0 Å². The molecule has 0 fully saturated rings. The molecule has 3 rings (SSSR count). The van der Waals surface area contributed by atoms with Crippen molar-refractivity contribution in [3.8, 4) is 29.4 Å². The van der Waals surface area contributed by atoms with Crippen molar-refractivity contribution >= 4 is 11.8 Å². The average molecular weight is 381 g/mol. The zero-order valence-corrected chi connectivity index (χ0v) is 16.9. The normalized spacial score (nSPS) is 14.0. The standard InChI is InChI=1S/C22H24N2O2S/c1-6-11-24-20(25)18-19(23-21(24)27-8-3)17-10-9-16(26-12-7-2)13-15(17)14-22(18,4)5/h2,6,9-10,13H,1,8,11-12,14H2,3-5H3. The van der Waals surface area contributed by atoms with E-state index in [1.165, 1.54) is 0 Å². The number of allylic oxidation sites excluding steroid dienone is 1. The summed E-state index contributed by atoms with van der Waals surface area (Å²) >= 11 is 1.58. The summed E-state index contributed by atoms with van der Waals surface area (Å²) < 4.78 is 7.31. The van der Waals surface area contributed by atoms with E-state index < -0.39 is 0 Å². The number of fused-ring (bicyclic) bond motifs is 3. The van der Waals surface area contributed by atoms with Crippen molar-refractivity contribution < 1.29 is 4.74 Å². The summed E-state index contributed by atoms with van der Waals surface area (Å²) in [6.45, 7) is 10.7. The third-order valence-corrected chi connectivity index (χ3v) is 5.54. The predicted molar refractivity (Wildman–Crippen MR) is 112 cm³/mol. The molecular weight excluding hydrogens is 356 g/mol. The number of terminal acetylenes is 1. The molecule has 1 aromatic heterocycles. The SMILES string of the molecule is C#CCOc1ccc2c(c1)CC(C)(C)c1c-2nc(SCC)n(CC=C)c1=O. The van der Waals surface area contributed by atoms with Crippen molar-refractivity contribution in [3.05, 3.63) is 52.3 Å². The van der Waals surface area contributed by atoms with E-state index >= 15 is 0 Å². The van der Waals surface area contributed by atoms with Crippen molar-refractivity contribution in [2.75, 3.05) is 12.4 Å². The number of hydrogen-bond acceptors (Lipinski definition) is 4. The molecule has 0 spiro atoms. The fourth-order valence-electron chi connectivity index (χ4n) is 3.60. The Morgan fingerprint density at radius 3 is 2.93 bits per heavy atom. The Balaban J connectivity index is 2.24. The summed E-state index contributed by atoms with van der Waals surface area (Å²) in [7, 11) is 0. The molecule has 0 bridgehead atoms. The van der Waals surface area contributed by atoms with Crippen molar-refractivity contribution in [1.82, 2.24) is 9.55 Å². The molecule has 1 aromatic carbocycles. The minimum Gasteiger partial charge on any atom is -0.481 e. The van der Waals surface area contributed by atoms with Gasteiger partial charge in [-0.25, -0.2) is 4.98 Å². The van der Waals surface area contributed by atoms with Crippen LogP contribution in [0.25, 0.3) is 11.3 Å². The van der Waals surface area contributed by atoms with Crippen LogP contribution in [-0.4, -0.2) is 21.9 Å². The summed E-state index contributed by atoms with van der Waals surface area (Å²) in [6, 6.07) is 5.89. The van der Waals surface area contributed by atoms with Gasteiger partial charge in [0.2, 0.25) is 0 Å². The molecule has 0 amide bonds. The lowest BCUT2D eigenvalue weighted by molar-refractivity contribution is 0.369. The van der Waals surface area contributed by atoms with Gasteiger partial charge in [-0.2, -0.15) is 0 Å². The molecule has 0 unspecified atom stereocenters. The number of rotatable bonds is 6. The number of benzene rings is 1. The predicted octanol–water partition coefficient (Wildman–Crippen LogP) is 4.05. The Hall–Kier alpha value is -2.45. The molecule has 1 aliphatic carbocycles. The maximum Gasteiger partial charge on any atom is 0.258 e. The molecule has 5 heteroatoms. The first-order valence-corrected chi connectivity index (χ1v) is 10.00. The highest BCUT2D eigenvalue weighted by atomic mass is 32.2. The van der Waals surface area contributed by atoms with Gasteiger partial charge in [-0.1, -0.05) is 44.5 Å². The van der Waals surface area contributed by atoms with Crippen molar-refractivity contribution in [2.24, 2.45) is 0 Å². The van der Waals surface area contributed by atoms with Gasteiger partial charge >= 0.3 is 0 Å². The monoisotopic (exact) mass is 380 g/mol. The molecule has 0 radical (unpaired) electrons. The van der Waals surface area contributed by atoms with E-state index in [0.29, 0.717) is 6.54 Å². The Morgan fingerprint density at radius 1 is 1.48 bits per heavy atom. The molecule has 4 nitrogen and oxygen atoms in total. The van der Waals surface area contributed by atoms with E-state index in [2.05, 4.69) is 33.3 Å². The van der Waals surface area contributed by atoms with Gasteiger partial charge in [-0.05, 0) is 35.9 Å². The molecule has 2 aromatic rings. The zero-order chi connectivity index (χ0) is 19.6. The molecule has 0 saturated heterocycles. The molecule has 1 heterocycles. The first-order chi connectivity index (χ1) is 12.9. The van der Waals surface area contributed by atoms with Crippen LogP contribution in [0.4, 0.5) is 0 Å². The summed E-state index contributed by atoms with van der Waals surface area (Å²) in [6.07, 6.45) is 7.78. The Kier molecular flexibility index (Phi) is 5.48. The van der Waals surface area contributed by atoms with E-state index in [0.717, 1.165) is 45.5 Å². The van der Waals surface area contributed by atoms with Crippen molar-refractivity contribution in [1.29, 1.82) is 0 Å². The Morgan fingerprint density at radius 2 is 2.26 bits per heavy atom. The van der Waals surface area contributed by atoms with E-state index in [1.807, 2.05) is 18.2 Å². The second-order valence-electron chi connectivity index (χ2n) is 7.13. The number of ether oxygens (including phenoxy) is 1. The van der Waals surface area contributed by atoms with E-state index in [9.17, 15) is 4.79 Å². The van der Waals surface area contributed by atoms with Crippen LogP contribution in [-0.2, 0) is 18.4 Å². The van der Waals surface area contributed by atoms with Crippen molar-refractivity contribution in [3.63, 3.8) is 0 Å². The van der Waals surface area contributed by atoms with Gasteiger partial charge in [0.25, 0.3) is 5.56 Å². The van der Waals surface area contributed by atoms with E-state index in [-0.39, 0.29) is 17.6 Å². The quantitative estimate of drug-likeness (QED) is 0.328. The molecule has 0 aliphatic heterocycles. The number of nitrogens with zero attached hydrogens (tertiary/aromatic N) is 2. The highest BCUT2D eigenvalue weighted by molar-refractivity contribution is 7.99. The topological polar surface area (TPSA) is 44.1 Å². The van der Waals surface area contributed by atoms with Gasteiger partial charge in [0.05, 0.1) is 5.69 Å². The Bertz CT molecular complexity index is 983. The van der Waals surface area contributed by atoms with Crippen molar-refractivity contribution in [2.45, 2.75) is 44.3 Å². The lowest BCUT2D eigenvalue weighted by Gasteiger charge is -2.33. The minimum absolute atomic E-state index is 0.0270. The largest absolute Gasteiger partial charge is 0.481 e. The van der Waals surface area contributed by atoms with Crippen LogP contribution in [0.1, 0.15) is 31.9 Å². The third kappa shape index (κ3) is 3.54. The minimum atomic E-state index is -0.324. The summed E-state index contributed by atoms with van der Waals surface area (Å²) in [4.78, 5) is 18.3. The number of hydrogen-bond donors (Lipinski definition) is 0. The van der Waals surface area contributed by atoms with Gasteiger partial charge in [0.15, 0.2) is 5.16 Å². The maximum atomic E-state index is 13.3. The highest BCUT2D eigenvalue weighted by Gasteiger charge is 2.36. The molecule has 1 aliphatic rings. The summed E-state index contributed by atoms with van der Waals surface area (Å²) in [5.41, 5.74) is 3.39. The van der Waals surface area contributed by atoms with Gasteiger partial charge in [0, 0.05) is 23.1 Å². The second kappa shape index (κ2) is 7.66. The number of aromatic nitrogens is 2. The summed E-state index contributed by atoms with van der Waals surface area (Å²) in [5, 5.41) is 0.734. The highest BCUT2D eigenvalue weighted by Crippen LogP contribution is 2.42. The molecular formula is C22H24N2O2S. The van der Waals surface area contributed by atoms with Crippen LogP contribution in [0, 0.1) is 12.3 Å². The van der Waals surface area contributed by atoms with Crippen LogP contribution in [0.3, 0.4) is 0 Å². The Labute approximate surface area is 164 Å². The van der Waals surface area contributed by atoms with Crippen LogP contribution in [0.15, 0.2) is 40.8 Å². The lowest BCUT2D eigenvalue weighted by atomic mass is 9.72. The molecule has 27 heavy (non-hydrogen) atoms. The van der Waals surface area contributed by atoms with E-state index in [1.54, 1.807) is 22.4 Å². The second-order valence-corrected chi connectivity index (χ2v) is 8.36. The first-order valence-electron chi connectivity index (χ1n) is 9.01. The molecule has 0 saturated carbocycles. The molecule has 140 valence electrons. The zero-order valence-electron chi connectivity index (χ0n) is 16.0. The van der Waals surface area contributed by atoms with Crippen LogP contribution in [0.5, 0.6) is 5.75 Å². The lowest BCUT2D eigenvalue weighted by Crippen LogP contribution is -2.38. The first kappa shape index (κ1) is 19.3. The third-order valence-electron chi connectivity index (χ3n) is 4.68. The maximum absolute atomic E-state index is 13.3. The van der Waals surface area contributed by atoms with Gasteiger partial charge < -0.3 is 4.74 Å². The van der Waals surface area contributed by atoms with Gasteiger partial charge in [0.1, 0.15) is 12.4 Å². The fourth-order valence-corrected chi connectivity index (χ4v) is 4.32. The van der Waals surface area contributed by atoms with Gasteiger partial charge in [-0.3, -0.25) is 9.36 Å². The smallest absolute Gasteiger partial charge is 0.258 e. The fraction of sp³-hybridized carbons (Fsp3) is 0.364. The van der Waals surface area contributed by atoms with Crippen LogP contribution in [0.2, 0.25) is 0 Å².